The van der Waals surface area contributed by atoms with E-state index in [0.29, 0.717) is 39.3 Å². The molecule has 8 nitrogen and oxygen atoms in total. The van der Waals surface area contributed by atoms with Gasteiger partial charge in [0.15, 0.2) is 5.65 Å². The normalized spacial score (nSPS) is 24.6. The van der Waals surface area contributed by atoms with Gasteiger partial charge in [-0.3, -0.25) is 4.79 Å². The number of carboxylic acids is 1. The third-order valence-electron chi connectivity index (χ3n) is 8.40. The molecule has 2 aromatic heterocycles. The molecule has 0 unspecified atom stereocenters. The largest absolute Gasteiger partial charge is 0.481 e. The van der Waals surface area contributed by atoms with Gasteiger partial charge >= 0.3 is 5.97 Å². The Kier molecular flexibility index (Phi) is 6.37. The van der Waals surface area contributed by atoms with Crippen molar-refractivity contribution in [3.8, 4) is 0 Å². The summed E-state index contributed by atoms with van der Waals surface area (Å²) in [6, 6.07) is 5.76. The van der Waals surface area contributed by atoms with Crippen molar-refractivity contribution in [2.45, 2.75) is 38.6 Å². The lowest BCUT2D eigenvalue weighted by Crippen LogP contribution is -2.56. The van der Waals surface area contributed by atoms with E-state index in [9.17, 15) is 9.90 Å². The van der Waals surface area contributed by atoms with Gasteiger partial charge in [-0.2, -0.15) is 5.10 Å². The number of likely N-dealkylation sites (tertiary alicyclic amines) is 1. The van der Waals surface area contributed by atoms with Gasteiger partial charge in [-0.15, -0.1) is 0 Å². The van der Waals surface area contributed by atoms with Gasteiger partial charge in [0.2, 0.25) is 0 Å². The van der Waals surface area contributed by atoms with E-state index in [4.69, 9.17) is 33.2 Å². The van der Waals surface area contributed by atoms with Gasteiger partial charge in [0.1, 0.15) is 11.3 Å². The molecule has 6 rings (SSSR count). The SMILES string of the molecule is C=C(c1ccc(Cl)cc1Cl)n1nc(C)c2ncc(N3CC([C@H]4CCCN(C5CC(C(=O)O)C5)C4)C3)nc21. The first-order valence-electron chi connectivity index (χ1n) is 12.9. The third kappa shape index (κ3) is 4.49. The number of fused-ring (bicyclic) bond motifs is 1. The Balaban J connectivity index is 1.15. The average Bonchev–Trinajstić information content (AvgIpc) is 3.13. The number of benzene rings is 1. The van der Waals surface area contributed by atoms with Gasteiger partial charge < -0.3 is 14.9 Å². The molecule has 4 heterocycles. The molecule has 1 N–H and O–H groups in total. The van der Waals surface area contributed by atoms with Crippen molar-refractivity contribution in [3.05, 3.63) is 52.3 Å². The molecule has 10 heteroatoms. The molecule has 3 fully saturated rings. The van der Waals surface area contributed by atoms with Gasteiger partial charge in [0.25, 0.3) is 0 Å². The van der Waals surface area contributed by atoms with E-state index >= 15 is 0 Å². The van der Waals surface area contributed by atoms with Crippen LogP contribution in [0.4, 0.5) is 5.82 Å². The summed E-state index contributed by atoms with van der Waals surface area (Å²) >= 11 is 12.5. The fourth-order valence-corrected chi connectivity index (χ4v) is 6.56. The van der Waals surface area contributed by atoms with E-state index in [1.165, 1.54) is 12.8 Å². The molecule has 0 radical (unpaired) electrons. The minimum absolute atomic E-state index is 0.151. The molecule has 3 aliphatic rings. The quantitative estimate of drug-likeness (QED) is 0.472. The summed E-state index contributed by atoms with van der Waals surface area (Å²) in [5, 5.41) is 14.9. The van der Waals surface area contributed by atoms with E-state index in [0.717, 1.165) is 61.6 Å². The molecule has 2 aliphatic heterocycles. The number of rotatable bonds is 6. The lowest BCUT2D eigenvalue weighted by molar-refractivity contribution is -0.147. The van der Waals surface area contributed by atoms with E-state index < -0.39 is 5.97 Å². The average molecular weight is 541 g/mol. The number of halogens is 2. The first-order chi connectivity index (χ1) is 17.8. The van der Waals surface area contributed by atoms with Gasteiger partial charge in [-0.1, -0.05) is 29.8 Å². The van der Waals surface area contributed by atoms with Crippen LogP contribution in [0.2, 0.25) is 10.0 Å². The summed E-state index contributed by atoms with van der Waals surface area (Å²) in [4.78, 5) is 25.7. The minimum atomic E-state index is -0.645. The van der Waals surface area contributed by atoms with E-state index in [1.807, 2.05) is 19.2 Å². The molecular formula is C27H30Cl2N6O2. The van der Waals surface area contributed by atoms with Crippen molar-refractivity contribution in [2.75, 3.05) is 31.1 Å². The molecule has 0 bridgehead atoms. The van der Waals surface area contributed by atoms with Crippen LogP contribution >= 0.6 is 23.2 Å². The van der Waals surface area contributed by atoms with Crippen molar-refractivity contribution < 1.29 is 9.90 Å². The van der Waals surface area contributed by atoms with Gasteiger partial charge in [-0.25, -0.2) is 14.6 Å². The summed E-state index contributed by atoms with van der Waals surface area (Å²) in [5.41, 5.74) is 3.56. The number of aromatic nitrogens is 4. The predicted octanol–water partition coefficient (Wildman–Crippen LogP) is 4.97. The van der Waals surface area contributed by atoms with Crippen molar-refractivity contribution in [2.24, 2.45) is 17.8 Å². The maximum absolute atomic E-state index is 11.2. The number of hydrogen-bond donors (Lipinski definition) is 1. The second-order valence-corrected chi connectivity index (χ2v) is 11.5. The second kappa shape index (κ2) is 9.57. The van der Waals surface area contributed by atoms with Gasteiger partial charge in [0, 0.05) is 36.3 Å². The Morgan fingerprint density at radius 1 is 1.16 bits per heavy atom. The molecule has 1 aromatic carbocycles. The molecule has 0 spiro atoms. The number of aliphatic carboxylic acids is 1. The van der Waals surface area contributed by atoms with Crippen LogP contribution in [0.15, 0.2) is 31.0 Å². The molecular weight excluding hydrogens is 511 g/mol. The van der Waals surface area contributed by atoms with Crippen LogP contribution in [0.5, 0.6) is 0 Å². The topological polar surface area (TPSA) is 87.4 Å². The standard InChI is InChI=1S/C27H30Cl2N6O2/c1-15-25-26(35(32-15)16(2)22-6-5-20(28)10-23(22)29)31-24(11-30-25)34-13-19(14-34)17-4-3-7-33(12-17)21-8-18(9-21)27(36)37/h5-6,10-11,17-19,21H,2-4,7-9,12-14H2,1H3,(H,36,37)/t17-,18?,21?/m0/s1. The van der Waals surface area contributed by atoms with Crippen molar-refractivity contribution in [3.63, 3.8) is 0 Å². The van der Waals surface area contributed by atoms with E-state index in [2.05, 4.69) is 21.5 Å². The van der Waals surface area contributed by atoms with Crippen LogP contribution in [0, 0.1) is 24.7 Å². The first kappa shape index (κ1) is 24.6. The van der Waals surface area contributed by atoms with Crippen LogP contribution in [0.1, 0.15) is 36.9 Å². The summed E-state index contributed by atoms with van der Waals surface area (Å²) in [6.07, 6.45) is 5.86. The van der Waals surface area contributed by atoms with Crippen LogP contribution < -0.4 is 4.90 Å². The molecule has 37 heavy (non-hydrogen) atoms. The van der Waals surface area contributed by atoms with Crippen LogP contribution in [-0.4, -0.2) is 67.9 Å². The lowest BCUT2D eigenvalue weighted by atomic mass is 9.76. The minimum Gasteiger partial charge on any atom is -0.481 e. The smallest absolute Gasteiger partial charge is 0.306 e. The Hall–Kier alpha value is -2.68. The number of carboxylic acid groups (broad SMARTS) is 1. The van der Waals surface area contributed by atoms with Crippen LogP contribution in [0.25, 0.3) is 16.9 Å². The lowest BCUT2D eigenvalue weighted by Gasteiger charge is -2.50. The highest BCUT2D eigenvalue weighted by Gasteiger charge is 2.42. The molecule has 194 valence electrons. The Bertz CT molecular complexity index is 1380. The third-order valence-corrected chi connectivity index (χ3v) is 8.95. The number of piperidine rings is 1. The number of carbonyl (C=O) groups is 1. The monoisotopic (exact) mass is 540 g/mol. The highest BCUT2D eigenvalue weighted by atomic mass is 35.5. The van der Waals surface area contributed by atoms with Gasteiger partial charge in [0.05, 0.1) is 28.5 Å². The van der Waals surface area contributed by atoms with Crippen molar-refractivity contribution in [1.29, 1.82) is 0 Å². The Morgan fingerprint density at radius 3 is 2.68 bits per heavy atom. The summed E-state index contributed by atoms with van der Waals surface area (Å²) < 4.78 is 1.72. The maximum atomic E-state index is 11.2. The highest BCUT2D eigenvalue weighted by molar-refractivity contribution is 6.35. The molecule has 1 atom stereocenters. The molecule has 2 saturated heterocycles. The summed E-state index contributed by atoms with van der Waals surface area (Å²) in [5.74, 6) is 1.31. The number of anilines is 1. The Morgan fingerprint density at radius 2 is 1.95 bits per heavy atom. The van der Waals surface area contributed by atoms with E-state index in [-0.39, 0.29) is 5.92 Å². The predicted molar refractivity (Wildman–Crippen MR) is 145 cm³/mol. The highest BCUT2D eigenvalue weighted by Crippen LogP contribution is 2.38. The van der Waals surface area contributed by atoms with Crippen LogP contribution in [-0.2, 0) is 4.79 Å². The zero-order chi connectivity index (χ0) is 25.8. The molecule has 3 aromatic rings. The number of hydrogen-bond acceptors (Lipinski definition) is 6. The fourth-order valence-electron chi connectivity index (χ4n) is 6.04. The van der Waals surface area contributed by atoms with E-state index in [1.54, 1.807) is 16.8 Å². The molecule has 1 saturated carbocycles. The molecule has 0 amide bonds. The Labute approximate surface area is 225 Å². The number of nitrogens with zero attached hydrogens (tertiary/aromatic N) is 6. The summed E-state index contributed by atoms with van der Waals surface area (Å²) in [7, 11) is 0. The van der Waals surface area contributed by atoms with Crippen molar-refractivity contribution in [1.82, 2.24) is 24.6 Å². The zero-order valence-corrected chi connectivity index (χ0v) is 22.3. The summed E-state index contributed by atoms with van der Waals surface area (Å²) in [6.45, 7) is 10.2. The van der Waals surface area contributed by atoms with Gasteiger partial charge in [-0.05, 0) is 69.2 Å². The maximum Gasteiger partial charge on any atom is 0.306 e. The van der Waals surface area contributed by atoms with Crippen LogP contribution in [0.3, 0.4) is 0 Å². The zero-order valence-electron chi connectivity index (χ0n) is 20.8. The second-order valence-electron chi connectivity index (χ2n) is 10.7. The fraction of sp³-hybridized carbons (Fsp3) is 0.481. The first-order valence-corrected chi connectivity index (χ1v) is 13.6. The number of aryl methyl sites for hydroxylation is 1. The van der Waals surface area contributed by atoms with Crippen molar-refractivity contribution >= 4 is 51.8 Å². The molecule has 1 aliphatic carbocycles.